The summed E-state index contributed by atoms with van der Waals surface area (Å²) in [4.78, 5) is 11.9. The van der Waals surface area contributed by atoms with Crippen LogP contribution in [0.25, 0.3) is 0 Å². The summed E-state index contributed by atoms with van der Waals surface area (Å²) in [5.41, 5.74) is 0. The van der Waals surface area contributed by atoms with Gasteiger partial charge in [-0.3, -0.25) is 0 Å². The van der Waals surface area contributed by atoms with Crippen molar-refractivity contribution in [2.24, 2.45) is 0 Å². The molecule has 3 nitrogen and oxygen atoms in total. The number of carboxylic acid groups (broad SMARTS) is 1. The van der Waals surface area contributed by atoms with E-state index in [0.29, 0.717) is 13.1 Å². The zero-order valence-electron chi connectivity index (χ0n) is 7.34. The van der Waals surface area contributed by atoms with Gasteiger partial charge in [-0.1, -0.05) is 19.8 Å². The molecule has 66 valence electrons. The van der Waals surface area contributed by atoms with Crippen LogP contribution in [0.5, 0.6) is 0 Å². The highest BCUT2D eigenvalue weighted by atomic mass is 16.4. The van der Waals surface area contributed by atoms with Crippen molar-refractivity contribution in [3.63, 3.8) is 0 Å². The Labute approximate surface area is 68.0 Å². The number of amides is 1. The van der Waals surface area contributed by atoms with Crippen LogP contribution < -0.4 is 0 Å². The molecule has 0 atom stereocenters. The van der Waals surface area contributed by atoms with Crippen LogP contribution in [0.15, 0.2) is 0 Å². The van der Waals surface area contributed by atoms with E-state index >= 15 is 0 Å². The molecule has 1 N–H and O–H groups in total. The van der Waals surface area contributed by atoms with Crippen molar-refractivity contribution in [2.45, 2.75) is 33.1 Å². The molecule has 1 amide bonds. The number of unbranched alkanes of at least 4 members (excludes halogenated alkanes) is 2. The lowest BCUT2D eigenvalue weighted by molar-refractivity contribution is 0.147. The standard InChI is InChI=1S/C8H17NO2/c1-3-5-6-7-9(4-2)8(10)11/h3-7H2,1-2H3,(H,10,11). The summed E-state index contributed by atoms with van der Waals surface area (Å²) in [7, 11) is 0. The summed E-state index contributed by atoms with van der Waals surface area (Å²) in [5, 5.41) is 8.60. The summed E-state index contributed by atoms with van der Waals surface area (Å²) in [5.74, 6) is 0. The van der Waals surface area contributed by atoms with Crippen LogP contribution in [0.2, 0.25) is 0 Å². The van der Waals surface area contributed by atoms with E-state index in [-0.39, 0.29) is 0 Å². The third-order valence-corrected chi connectivity index (χ3v) is 1.68. The van der Waals surface area contributed by atoms with Crippen molar-refractivity contribution < 1.29 is 9.90 Å². The fraction of sp³-hybridized carbons (Fsp3) is 0.875. The molecule has 0 saturated heterocycles. The number of carbonyl (C=O) groups is 1. The van der Waals surface area contributed by atoms with Crippen LogP contribution in [0, 0.1) is 0 Å². The molecule has 0 aromatic rings. The summed E-state index contributed by atoms with van der Waals surface area (Å²) in [6.45, 7) is 5.25. The Balaban J connectivity index is 3.44. The van der Waals surface area contributed by atoms with Crippen molar-refractivity contribution in [3.8, 4) is 0 Å². The lowest BCUT2D eigenvalue weighted by atomic mass is 10.2. The van der Waals surface area contributed by atoms with E-state index in [0.717, 1.165) is 19.3 Å². The smallest absolute Gasteiger partial charge is 0.407 e. The Kier molecular flexibility index (Phi) is 5.61. The normalized spacial score (nSPS) is 9.64. The first-order valence-corrected chi connectivity index (χ1v) is 4.20. The van der Waals surface area contributed by atoms with E-state index < -0.39 is 6.09 Å². The van der Waals surface area contributed by atoms with Gasteiger partial charge in [0, 0.05) is 13.1 Å². The number of hydrogen-bond donors (Lipinski definition) is 1. The van der Waals surface area contributed by atoms with E-state index in [2.05, 4.69) is 6.92 Å². The Bertz CT molecular complexity index is 115. The lowest BCUT2D eigenvalue weighted by Gasteiger charge is -2.15. The zero-order valence-corrected chi connectivity index (χ0v) is 7.34. The Morgan fingerprint density at radius 3 is 2.36 bits per heavy atom. The minimum absolute atomic E-state index is 0.596. The van der Waals surface area contributed by atoms with Gasteiger partial charge in [0.2, 0.25) is 0 Å². The number of nitrogens with zero attached hydrogens (tertiary/aromatic N) is 1. The van der Waals surface area contributed by atoms with Gasteiger partial charge in [-0.15, -0.1) is 0 Å². The maximum absolute atomic E-state index is 10.5. The fourth-order valence-corrected chi connectivity index (χ4v) is 0.942. The van der Waals surface area contributed by atoms with Crippen LogP contribution >= 0.6 is 0 Å². The van der Waals surface area contributed by atoms with E-state index in [1.165, 1.54) is 4.90 Å². The predicted octanol–water partition coefficient (Wildman–Crippen LogP) is 2.18. The minimum Gasteiger partial charge on any atom is -0.465 e. The highest BCUT2D eigenvalue weighted by Gasteiger charge is 2.06. The quantitative estimate of drug-likeness (QED) is 0.624. The van der Waals surface area contributed by atoms with Gasteiger partial charge < -0.3 is 10.0 Å². The van der Waals surface area contributed by atoms with Crippen LogP contribution in [-0.2, 0) is 0 Å². The van der Waals surface area contributed by atoms with E-state index in [9.17, 15) is 4.79 Å². The van der Waals surface area contributed by atoms with Crippen molar-refractivity contribution in [3.05, 3.63) is 0 Å². The van der Waals surface area contributed by atoms with E-state index in [4.69, 9.17) is 5.11 Å². The molecule has 0 fully saturated rings. The third-order valence-electron chi connectivity index (χ3n) is 1.68. The van der Waals surface area contributed by atoms with Crippen molar-refractivity contribution in [2.75, 3.05) is 13.1 Å². The first-order chi connectivity index (χ1) is 5.22. The van der Waals surface area contributed by atoms with Gasteiger partial charge in [-0.05, 0) is 13.3 Å². The SMILES string of the molecule is CCCCCN(CC)C(=O)O. The molecule has 0 radical (unpaired) electrons. The molecule has 0 aliphatic heterocycles. The molecule has 11 heavy (non-hydrogen) atoms. The summed E-state index contributed by atoms with van der Waals surface area (Å²) < 4.78 is 0. The van der Waals surface area contributed by atoms with Crippen molar-refractivity contribution in [1.29, 1.82) is 0 Å². The minimum atomic E-state index is -0.802. The summed E-state index contributed by atoms with van der Waals surface area (Å²) in [6.07, 6.45) is 2.43. The molecule has 0 spiro atoms. The molecule has 0 rings (SSSR count). The average molecular weight is 159 g/mol. The van der Waals surface area contributed by atoms with Gasteiger partial charge in [0.05, 0.1) is 0 Å². The van der Waals surface area contributed by atoms with Crippen LogP contribution in [0.3, 0.4) is 0 Å². The van der Waals surface area contributed by atoms with Crippen LogP contribution in [0.1, 0.15) is 33.1 Å². The highest BCUT2D eigenvalue weighted by molar-refractivity contribution is 5.64. The summed E-state index contributed by atoms with van der Waals surface area (Å²) >= 11 is 0. The molecular formula is C8H17NO2. The van der Waals surface area contributed by atoms with Crippen molar-refractivity contribution >= 4 is 6.09 Å². The van der Waals surface area contributed by atoms with E-state index in [1.807, 2.05) is 6.92 Å². The Morgan fingerprint density at radius 1 is 1.36 bits per heavy atom. The monoisotopic (exact) mass is 159 g/mol. The molecule has 0 saturated carbocycles. The van der Waals surface area contributed by atoms with Gasteiger partial charge >= 0.3 is 6.09 Å². The van der Waals surface area contributed by atoms with Gasteiger partial charge in [0.1, 0.15) is 0 Å². The number of hydrogen-bond acceptors (Lipinski definition) is 1. The second-order valence-electron chi connectivity index (χ2n) is 2.57. The lowest BCUT2D eigenvalue weighted by Crippen LogP contribution is -2.29. The first-order valence-electron chi connectivity index (χ1n) is 4.20. The van der Waals surface area contributed by atoms with Crippen LogP contribution in [-0.4, -0.2) is 29.2 Å². The third kappa shape index (κ3) is 4.65. The van der Waals surface area contributed by atoms with Crippen molar-refractivity contribution in [1.82, 2.24) is 4.90 Å². The molecule has 3 heteroatoms. The fourth-order valence-electron chi connectivity index (χ4n) is 0.942. The van der Waals surface area contributed by atoms with Gasteiger partial charge in [-0.25, -0.2) is 4.79 Å². The first kappa shape index (κ1) is 10.3. The molecule has 0 aromatic carbocycles. The molecule has 0 aliphatic carbocycles. The number of rotatable bonds is 5. The maximum atomic E-state index is 10.5. The van der Waals surface area contributed by atoms with E-state index in [1.54, 1.807) is 0 Å². The molecule has 0 bridgehead atoms. The van der Waals surface area contributed by atoms with Gasteiger partial charge in [0.15, 0.2) is 0 Å². The molecule has 0 aromatic heterocycles. The average Bonchev–Trinajstić information content (AvgIpc) is 1.97. The second-order valence-corrected chi connectivity index (χ2v) is 2.57. The molecule has 0 aliphatic rings. The summed E-state index contributed by atoms with van der Waals surface area (Å²) in [6, 6.07) is 0. The Hall–Kier alpha value is -0.730. The topological polar surface area (TPSA) is 40.5 Å². The van der Waals surface area contributed by atoms with Gasteiger partial charge in [0.25, 0.3) is 0 Å². The predicted molar refractivity (Wildman–Crippen MR) is 44.8 cm³/mol. The second kappa shape index (κ2) is 6.01. The zero-order chi connectivity index (χ0) is 8.69. The Morgan fingerprint density at radius 2 is 2.00 bits per heavy atom. The van der Waals surface area contributed by atoms with Gasteiger partial charge in [-0.2, -0.15) is 0 Å². The van der Waals surface area contributed by atoms with Crippen LogP contribution in [0.4, 0.5) is 4.79 Å². The molecule has 0 unspecified atom stereocenters. The molecule has 0 heterocycles. The molecular weight excluding hydrogens is 142 g/mol. The maximum Gasteiger partial charge on any atom is 0.407 e. The largest absolute Gasteiger partial charge is 0.465 e. The highest BCUT2D eigenvalue weighted by Crippen LogP contribution is 1.97.